The minimum absolute atomic E-state index is 0.00662. The first-order valence-corrected chi connectivity index (χ1v) is 12.2. The zero-order valence-corrected chi connectivity index (χ0v) is 20.9. The van der Waals surface area contributed by atoms with Crippen LogP contribution in [-0.2, 0) is 20.9 Å². The lowest BCUT2D eigenvalue weighted by molar-refractivity contribution is -0.138. The van der Waals surface area contributed by atoms with Gasteiger partial charge in [0.1, 0.15) is 0 Å². The van der Waals surface area contributed by atoms with E-state index in [0.29, 0.717) is 23.5 Å². The third kappa shape index (κ3) is 6.73. The van der Waals surface area contributed by atoms with E-state index in [-0.39, 0.29) is 31.3 Å². The van der Waals surface area contributed by atoms with Gasteiger partial charge in [-0.15, -0.1) is 0 Å². The molecule has 10 heteroatoms. The van der Waals surface area contributed by atoms with Crippen LogP contribution in [0.15, 0.2) is 73.1 Å². The summed E-state index contributed by atoms with van der Waals surface area (Å²) in [7, 11) is 0. The molecule has 4 rings (SSSR count). The molecule has 0 spiro atoms. The fourth-order valence-corrected chi connectivity index (χ4v) is 4.35. The van der Waals surface area contributed by atoms with Gasteiger partial charge in [-0.1, -0.05) is 42.5 Å². The molecule has 4 N–H and O–H groups in total. The SMILES string of the molecule is Cc1ccc(NC(=O)NCc2ccccc2)cc1N1CC(C(=O)NC(CC(=O)O)c2cccnc2)CC1=O. The summed E-state index contributed by atoms with van der Waals surface area (Å²) in [6.45, 7) is 2.36. The molecular formula is C28H29N5O5. The lowest BCUT2D eigenvalue weighted by atomic mass is 10.0. The molecule has 1 aliphatic heterocycles. The smallest absolute Gasteiger partial charge is 0.319 e. The summed E-state index contributed by atoms with van der Waals surface area (Å²) in [5.41, 5.74) is 3.46. The second kappa shape index (κ2) is 12.0. The maximum absolute atomic E-state index is 13.1. The topological polar surface area (TPSA) is 141 Å². The van der Waals surface area contributed by atoms with Crippen LogP contribution in [0.5, 0.6) is 0 Å². The largest absolute Gasteiger partial charge is 0.481 e. The van der Waals surface area contributed by atoms with Crippen LogP contribution in [0.2, 0.25) is 0 Å². The predicted molar refractivity (Wildman–Crippen MR) is 141 cm³/mol. The third-order valence-electron chi connectivity index (χ3n) is 6.33. The van der Waals surface area contributed by atoms with Crippen molar-refractivity contribution in [2.45, 2.75) is 32.4 Å². The Morgan fingerprint density at radius 2 is 1.89 bits per heavy atom. The monoisotopic (exact) mass is 515 g/mol. The number of pyridine rings is 1. The lowest BCUT2D eigenvalue weighted by Crippen LogP contribution is -2.36. The zero-order valence-electron chi connectivity index (χ0n) is 20.9. The van der Waals surface area contributed by atoms with Crippen molar-refractivity contribution in [1.82, 2.24) is 15.6 Å². The van der Waals surface area contributed by atoms with Gasteiger partial charge in [0.05, 0.1) is 18.4 Å². The van der Waals surface area contributed by atoms with Gasteiger partial charge >= 0.3 is 12.0 Å². The van der Waals surface area contributed by atoms with E-state index < -0.39 is 23.8 Å². The van der Waals surface area contributed by atoms with E-state index in [1.54, 1.807) is 36.5 Å². The summed E-state index contributed by atoms with van der Waals surface area (Å²) < 4.78 is 0. The quantitative estimate of drug-likeness (QED) is 0.344. The van der Waals surface area contributed by atoms with Crippen LogP contribution in [0.4, 0.5) is 16.2 Å². The van der Waals surface area contributed by atoms with Gasteiger partial charge in [-0.2, -0.15) is 0 Å². The molecule has 0 aliphatic carbocycles. The zero-order chi connectivity index (χ0) is 27.1. The number of nitrogens with one attached hydrogen (secondary N) is 3. The minimum atomic E-state index is -1.06. The van der Waals surface area contributed by atoms with E-state index in [1.165, 1.54) is 11.1 Å². The number of anilines is 2. The highest BCUT2D eigenvalue weighted by Crippen LogP contribution is 2.31. The van der Waals surface area contributed by atoms with Gasteiger partial charge in [0.2, 0.25) is 11.8 Å². The number of hydrogen-bond donors (Lipinski definition) is 4. The second-order valence-corrected chi connectivity index (χ2v) is 9.15. The van der Waals surface area contributed by atoms with Crippen molar-refractivity contribution >= 4 is 35.2 Å². The molecule has 196 valence electrons. The fraction of sp³-hybridized carbons (Fsp3) is 0.250. The number of hydrogen-bond acceptors (Lipinski definition) is 5. The minimum Gasteiger partial charge on any atom is -0.481 e. The number of carboxylic acids is 1. The third-order valence-corrected chi connectivity index (χ3v) is 6.33. The molecule has 2 heterocycles. The normalized spacial score (nSPS) is 15.6. The van der Waals surface area contributed by atoms with Gasteiger partial charge in [0, 0.05) is 43.3 Å². The Kier molecular flexibility index (Phi) is 8.32. The highest BCUT2D eigenvalue weighted by Gasteiger charge is 2.37. The maximum atomic E-state index is 13.1. The molecule has 1 aromatic heterocycles. The van der Waals surface area contributed by atoms with E-state index >= 15 is 0 Å². The molecule has 2 unspecified atom stereocenters. The Bertz CT molecular complexity index is 1320. The molecule has 1 aliphatic rings. The van der Waals surface area contributed by atoms with Crippen LogP contribution in [0.1, 0.15) is 35.6 Å². The van der Waals surface area contributed by atoms with Crippen molar-refractivity contribution in [3.63, 3.8) is 0 Å². The van der Waals surface area contributed by atoms with Crippen molar-refractivity contribution in [3.05, 3.63) is 89.7 Å². The number of carbonyl (C=O) groups excluding carboxylic acids is 3. The predicted octanol–water partition coefficient (Wildman–Crippen LogP) is 3.40. The average molecular weight is 516 g/mol. The first-order valence-electron chi connectivity index (χ1n) is 12.2. The van der Waals surface area contributed by atoms with Crippen molar-refractivity contribution in [2.75, 3.05) is 16.8 Å². The van der Waals surface area contributed by atoms with Crippen molar-refractivity contribution in [3.8, 4) is 0 Å². The van der Waals surface area contributed by atoms with Crippen molar-refractivity contribution in [2.24, 2.45) is 5.92 Å². The summed E-state index contributed by atoms with van der Waals surface area (Å²) in [5.74, 6) is -2.34. The molecule has 4 amide bonds. The first-order chi connectivity index (χ1) is 18.3. The average Bonchev–Trinajstić information content (AvgIpc) is 3.30. The molecule has 3 aromatic rings. The lowest BCUT2D eigenvalue weighted by Gasteiger charge is -2.22. The molecule has 0 bridgehead atoms. The van der Waals surface area contributed by atoms with Crippen LogP contribution in [0.25, 0.3) is 0 Å². The van der Waals surface area contributed by atoms with Gasteiger partial charge in [-0.3, -0.25) is 19.4 Å². The molecule has 2 atom stereocenters. The van der Waals surface area contributed by atoms with Crippen molar-refractivity contribution in [1.29, 1.82) is 0 Å². The van der Waals surface area contributed by atoms with Crippen LogP contribution < -0.4 is 20.9 Å². The van der Waals surface area contributed by atoms with Gasteiger partial charge in [0.25, 0.3) is 0 Å². The highest BCUT2D eigenvalue weighted by atomic mass is 16.4. The Hall–Kier alpha value is -4.73. The first kappa shape index (κ1) is 26.3. The number of aromatic nitrogens is 1. The van der Waals surface area contributed by atoms with Crippen LogP contribution >= 0.6 is 0 Å². The molecule has 1 fully saturated rings. The number of carbonyl (C=O) groups is 4. The number of amides is 4. The number of urea groups is 1. The Labute approximate surface area is 220 Å². The molecular weight excluding hydrogens is 486 g/mol. The number of benzene rings is 2. The number of aryl methyl sites for hydroxylation is 1. The molecule has 1 saturated heterocycles. The second-order valence-electron chi connectivity index (χ2n) is 9.15. The Balaban J connectivity index is 1.41. The van der Waals surface area contributed by atoms with Crippen LogP contribution in [-0.4, -0.2) is 40.5 Å². The van der Waals surface area contributed by atoms with E-state index in [0.717, 1.165) is 11.1 Å². The Morgan fingerprint density at radius 3 is 2.61 bits per heavy atom. The van der Waals surface area contributed by atoms with Gasteiger partial charge in [-0.25, -0.2) is 4.79 Å². The van der Waals surface area contributed by atoms with E-state index in [2.05, 4.69) is 20.9 Å². The molecule has 2 aromatic carbocycles. The molecule has 38 heavy (non-hydrogen) atoms. The van der Waals surface area contributed by atoms with Crippen LogP contribution in [0, 0.1) is 12.8 Å². The Morgan fingerprint density at radius 1 is 1.11 bits per heavy atom. The summed E-state index contributed by atoms with van der Waals surface area (Å²) in [6, 6.07) is 17.0. The standard InChI is InChI=1S/C28H29N5O5/c1-18-9-10-22(31-28(38)30-15-19-6-3-2-4-7-19)13-24(18)33-17-21(12-25(33)34)27(37)32-23(14-26(35)36)20-8-5-11-29-16-20/h2-11,13,16,21,23H,12,14-15,17H2,1H3,(H,32,37)(H,35,36)(H2,30,31,38). The van der Waals surface area contributed by atoms with Crippen LogP contribution in [0.3, 0.4) is 0 Å². The number of rotatable bonds is 9. The van der Waals surface area contributed by atoms with Crippen molar-refractivity contribution < 1.29 is 24.3 Å². The molecule has 10 nitrogen and oxygen atoms in total. The molecule has 0 radical (unpaired) electrons. The number of aliphatic carboxylic acids is 1. The summed E-state index contributed by atoms with van der Waals surface area (Å²) in [4.78, 5) is 55.3. The van der Waals surface area contributed by atoms with E-state index in [1.807, 2.05) is 37.3 Å². The number of carboxylic acid groups (broad SMARTS) is 1. The number of nitrogens with zero attached hydrogens (tertiary/aromatic N) is 2. The summed E-state index contributed by atoms with van der Waals surface area (Å²) in [5, 5.41) is 17.7. The fourth-order valence-electron chi connectivity index (χ4n) is 4.35. The molecule has 0 saturated carbocycles. The summed E-state index contributed by atoms with van der Waals surface area (Å²) >= 11 is 0. The van der Waals surface area contributed by atoms with E-state index in [4.69, 9.17) is 0 Å². The van der Waals surface area contributed by atoms with E-state index in [9.17, 15) is 24.3 Å². The van der Waals surface area contributed by atoms with Gasteiger partial charge in [0.15, 0.2) is 0 Å². The highest BCUT2D eigenvalue weighted by molar-refractivity contribution is 6.01. The summed E-state index contributed by atoms with van der Waals surface area (Å²) in [6.07, 6.45) is 2.76. The maximum Gasteiger partial charge on any atom is 0.319 e. The van der Waals surface area contributed by atoms with Gasteiger partial charge in [-0.05, 0) is 41.8 Å². The van der Waals surface area contributed by atoms with Gasteiger partial charge < -0.3 is 26.0 Å².